The van der Waals surface area contributed by atoms with Gasteiger partial charge in [-0.2, -0.15) is 18.2 Å². The molecule has 2 aromatic carbocycles. The van der Waals surface area contributed by atoms with E-state index in [1.54, 1.807) is 6.07 Å². The first kappa shape index (κ1) is 22.1. The number of halogens is 3. The van der Waals surface area contributed by atoms with Crippen molar-refractivity contribution in [3.05, 3.63) is 71.4 Å². The molecule has 1 aliphatic carbocycles. The molecule has 1 heterocycles. The quantitative estimate of drug-likeness (QED) is 0.414. The fraction of sp³-hybridized carbons (Fsp3) is 0.360. The lowest BCUT2D eigenvalue weighted by Crippen LogP contribution is -2.12. The molecule has 4 rings (SSSR count). The third kappa shape index (κ3) is 5.39. The van der Waals surface area contributed by atoms with E-state index in [-0.39, 0.29) is 11.8 Å². The van der Waals surface area contributed by atoms with Gasteiger partial charge in [0.05, 0.1) is 0 Å². The van der Waals surface area contributed by atoms with Gasteiger partial charge >= 0.3 is 6.18 Å². The van der Waals surface area contributed by atoms with E-state index in [0.29, 0.717) is 11.6 Å². The molecule has 0 unspecified atom stereocenters. The van der Waals surface area contributed by atoms with E-state index in [1.807, 2.05) is 37.3 Å². The SMILES string of the molecule is CCc1cccc(Nc2nc(Nc3ccc(C4CCCCC4)cc3)ncc2C(F)(F)F)c1. The number of alkyl halides is 3. The third-order valence-corrected chi connectivity index (χ3v) is 5.94. The summed E-state index contributed by atoms with van der Waals surface area (Å²) < 4.78 is 40.6. The van der Waals surface area contributed by atoms with Crippen molar-refractivity contribution in [2.45, 2.75) is 57.5 Å². The van der Waals surface area contributed by atoms with Crippen LogP contribution in [0, 0.1) is 0 Å². The highest BCUT2D eigenvalue weighted by Gasteiger charge is 2.35. The molecule has 1 saturated carbocycles. The second-order valence-electron chi connectivity index (χ2n) is 8.21. The van der Waals surface area contributed by atoms with Crippen molar-refractivity contribution in [3.63, 3.8) is 0 Å². The van der Waals surface area contributed by atoms with E-state index in [0.717, 1.165) is 23.9 Å². The highest BCUT2D eigenvalue weighted by atomic mass is 19.4. The lowest BCUT2D eigenvalue weighted by atomic mass is 9.84. The molecule has 0 bridgehead atoms. The van der Waals surface area contributed by atoms with Crippen molar-refractivity contribution in [2.24, 2.45) is 0 Å². The predicted octanol–water partition coefficient (Wildman–Crippen LogP) is 7.59. The first-order valence-corrected chi connectivity index (χ1v) is 11.1. The summed E-state index contributed by atoms with van der Waals surface area (Å²) in [5.41, 5.74) is 2.72. The van der Waals surface area contributed by atoms with Crippen molar-refractivity contribution in [1.82, 2.24) is 9.97 Å². The van der Waals surface area contributed by atoms with Crippen LogP contribution in [0.25, 0.3) is 0 Å². The molecule has 0 amide bonds. The van der Waals surface area contributed by atoms with Gasteiger partial charge in [0, 0.05) is 17.6 Å². The molecule has 7 heteroatoms. The number of aromatic nitrogens is 2. The highest BCUT2D eigenvalue weighted by Crippen LogP contribution is 2.36. The van der Waals surface area contributed by atoms with E-state index < -0.39 is 11.7 Å². The largest absolute Gasteiger partial charge is 0.421 e. The average Bonchev–Trinajstić information content (AvgIpc) is 2.80. The Kier molecular flexibility index (Phi) is 6.63. The van der Waals surface area contributed by atoms with Crippen LogP contribution in [-0.2, 0) is 12.6 Å². The molecule has 168 valence electrons. The monoisotopic (exact) mass is 440 g/mol. The Morgan fingerprint density at radius 3 is 2.38 bits per heavy atom. The maximum absolute atomic E-state index is 13.5. The van der Waals surface area contributed by atoms with Crippen LogP contribution in [-0.4, -0.2) is 9.97 Å². The van der Waals surface area contributed by atoms with Crippen LogP contribution in [0.1, 0.15) is 61.6 Å². The Hall–Kier alpha value is -3.09. The fourth-order valence-corrected chi connectivity index (χ4v) is 4.15. The van der Waals surface area contributed by atoms with Gasteiger partial charge in [0.1, 0.15) is 11.4 Å². The summed E-state index contributed by atoms with van der Waals surface area (Å²) in [6.45, 7) is 1.99. The zero-order valence-electron chi connectivity index (χ0n) is 18.0. The second-order valence-corrected chi connectivity index (χ2v) is 8.21. The van der Waals surface area contributed by atoms with Crippen LogP contribution in [0.4, 0.5) is 36.3 Å². The number of anilines is 4. The molecule has 3 aromatic rings. The van der Waals surface area contributed by atoms with Gasteiger partial charge in [0.25, 0.3) is 0 Å². The van der Waals surface area contributed by atoms with Gasteiger partial charge in [-0.05, 0) is 60.6 Å². The molecule has 1 aromatic heterocycles. The number of nitrogens with one attached hydrogen (secondary N) is 2. The van der Waals surface area contributed by atoms with Crippen molar-refractivity contribution in [2.75, 3.05) is 10.6 Å². The number of nitrogens with zero attached hydrogens (tertiary/aromatic N) is 2. The number of aryl methyl sites for hydroxylation is 1. The molecule has 0 radical (unpaired) electrons. The average molecular weight is 441 g/mol. The molecule has 0 atom stereocenters. The Morgan fingerprint density at radius 1 is 0.938 bits per heavy atom. The van der Waals surface area contributed by atoms with Gasteiger partial charge in [0.2, 0.25) is 5.95 Å². The number of benzene rings is 2. The lowest BCUT2D eigenvalue weighted by Gasteiger charge is -2.22. The summed E-state index contributed by atoms with van der Waals surface area (Å²) in [6, 6.07) is 15.3. The molecule has 2 N–H and O–H groups in total. The summed E-state index contributed by atoms with van der Waals surface area (Å²) in [4.78, 5) is 8.05. The van der Waals surface area contributed by atoms with E-state index >= 15 is 0 Å². The smallest absolute Gasteiger partial charge is 0.340 e. The van der Waals surface area contributed by atoms with E-state index in [2.05, 4.69) is 32.7 Å². The van der Waals surface area contributed by atoms with Crippen molar-refractivity contribution in [1.29, 1.82) is 0 Å². The van der Waals surface area contributed by atoms with Gasteiger partial charge in [-0.25, -0.2) is 4.98 Å². The topological polar surface area (TPSA) is 49.8 Å². The summed E-state index contributed by atoms with van der Waals surface area (Å²) in [7, 11) is 0. The Bertz CT molecular complexity index is 1040. The summed E-state index contributed by atoms with van der Waals surface area (Å²) in [5, 5.41) is 5.85. The van der Waals surface area contributed by atoms with E-state index in [9.17, 15) is 13.2 Å². The molecular formula is C25H27F3N4. The fourth-order valence-electron chi connectivity index (χ4n) is 4.15. The second kappa shape index (κ2) is 9.59. The zero-order chi connectivity index (χ0) is 22.6. The van der Waals surface area contributed by atoms with Crippen LogP contribution in [0.15, 0.2) is 54.7 Å². The first-order valence-electron chi connectivity index (χ1n) is 11.1. The molecule has 0 spiro atoms. The van der Waals surface area contributed by atoms with Crippen LogP contribution in [0.2, 0.25) is 0 Å². The molecule has 1 fully saturated rings. The Labute approximate surface area is 186 Å². The van der Waals surface area contributed by atoms with Crippen LogP contribution in [0.5, 0.6) is 0 Å². The molecule has 1 aliphatic rings. The molecular weight excluding hydrogens is 413 g/mol. The van der Waals surface area contributed by atoms with Gasteiger partial charge in [0.15, 0.2) is 0 Å². The number of rotatable bonds is 6. The molecule has 4 nitrogen and oxygen atoms in total. The Balaban J connectivity index is 1.55. The van der Waals surface area contributed by atoms with E-state index in [4.69, 9.17) is 0 Å². The lowest BCUT2D eigenvalue weighted by molar-refractivity contribution is -0.137. The van der Waals surface area contributed by atoms with Gasteiger partial charge in [-0.1, -0.05) is 50.5 Å². The van der Waals surface area contributed by atoms with Gasteiger partial charge in [-0.15, -0.1) is 0 Å². The minimum absolute atomic E-state index is 0.109. The first-order chi connectivity index (χ1) is 15.4. The number of hydrogen-bond donors (Lipinski definition) is 2. The minimum atomic E-state index is -4.56. The predicted molar refractivity (Wildman–Crippen MR) is 122 cm³/mol. The van der Waals surface area contributed by atoms with Crippen LogP contribution < -0.4 is 10.6 Å². The van der Waals surface area contributed by atoms with Gasteiger partial charge in [-0.3, -0.25) is 0 Å². The third-order valence-electron chi connectivity index (χ3n) is 5.94. The summed E-state index contributed by atoms with van der Waals surface area (Å²) >= 11 is 0. The Morgan fingerprint density at radius 2 is 1.69 bits per heavy atom. The number of hydrogen-bond acceptors (Lipinski definition) is 4. The van der Waals surface area contributed by atoms with Gasteiger partial charge < -0.3 is 10.6 Å². The molecule has 0 aliphatic heterocycles. The highest BCUT2D eigenvalue weighted by molar-refractivity contribution is 5.63. The van der Waals surface area contributed by atoms with Crippen LogP contribution in [0.3, 0.4) is 0 Å². The maximum Gasteiger partial charge on any atom is 0.421 e. The minimum Gasteiger partial charge on any atom is -0.340 e. The normalized spacial score (nSPS) is 14.9. The van der Waals surface area contributed by atoms with Crippen molar-refractivity contribution in [3.8, 4) is 0 Å². The summed E-state index contributed by atoms with van der Waals surface area (Å²) in [6.07, 6.45) is 3.30. The standard InChI is InChI=1S/C25H27F3N4/c1-2-17-7-6-10-21(15-17)30-23-22(25(26,27)28)16-29-24(32-23)31-20-13-11-19(12-14-20)18-8-4-3-5-9-18/h6-7,10-16,18H,2-5,8-9H2,1H3,(H2,29,30,31,32). The van der Waals surface area contributed by atoms with Crippen molar-refractivity contribution >= 4 is 23.1 Å². The maximum atomic E-state index is 13.5. The molecule has 0 saturated heterocycles. The molecule has 32 heavy (non-hydrogen) atoms. The summed E-state index contributed by atoms with van der Waals surface area (Å²) in [5.74, 6) is 0.425. The zero-order valence-corrected chi connectivity index (χ0v) is 18.0. The van der Waals surface area contributed by atoms with Crippen LogP contribution >= 0.6 is 0 Å². The van der Waals surface area contributed by atoms with Crippen molar-refractivity contribution < 1.29 is 13.2 Å². The van der Waals surface area contributed by atoms with E-state index in [1.165, 1.54) is 37.7 Å².